The average molecular weight is 449 g/mol. The fourth-order valence-electron chi connectivity index (χ4n) is 3.26. The van der Waals surface area contributed by atoms with Crippen molar-refractivity contribution >= 4 is 27.2 Å². The number of carbonyl (C=O) groups excluding carboxylic acids is 1. The second-order valence-electron chi connectivity index (χ2n) is 6.91. The van der Waals surface area contributed by atoms with E-state index in [0.717, 1.165) is 0 Å². The molecule has 0 spiro atoms. The fraction of sp³-hybridized carbons (Fsp3) is 0.0833. The standard InChI is InChI=1S/C24H20N2O5S/c1-30-17-9-7-16(8-10-17)25-23-15-22(20-5-3-4-6-21(20)24(23)27)26-32(28,29)19-13-11-18(31-2)12-14-19/h3-15,25H,1-2H3. The number of nitrogens with zero attached hydrogens (tertiary/aromatic N) is 1. The number of hydrogen-bond acceptors (Lipinski definition) is 6. The molecule has 0 saturated heterocycles. The summed E-state index contributed by atoms with van der Waals surface area (Å²) in [6.07, 6.45) is 1.45. The molecule has 0 fully saturated rings. The van der Waals surface area contributed by atoms with Crippen molar-refractivity contribution in [2.75, 3.05) is 19.5 Å². The maximum absolute atomic E-state index is 13.0. The molecule has 0 radical (unpaired) electrons. The van der Waals surface area contributed by atoms with Crippen molar-refractivity contribution in [1.29, 1.82) is 0 Å². The summed E-state index contributed by atoms with van der Waals surface area (Å²) in [5.41, 5.74) is 1.87. The molecule has 0 aromatic heterocycles. The van der Waals surface area contributed by atoms with Gasteiger partial charge in [-0.1, -0.05) is 24.3 Å². The zero-order valence-corrected chi connectivity index (χ0v) is 18.2. The first kappa shape index (κ1) is 21.3. The molecule has 1 aliphatic carbocycles. The summed E-state index contributed by atoms with van der Waals surface area (Å²) >= 11 is 0. The van der Waals surface area contributed by atoms with Crippen LogP contribution >= 0.6 is 0 Å². The second kappa shape index (κ2) is 8.68. The van der Waals surface area contributed by atoms with Crippen LogP contribution in [0.25, 0.3) is 0 Å². The third-order valence-corrected chi connectivity index (χ3v) is 6.22. The van der Waals surface area contributed by atoms with Crippen LogP contribution < -0.4 is 14.8 Å². The van der Waals surface area contributed by atoms with Crippen LogP contribution in [0.2, 0.25) is 0 Å². The lowest BCUT2D eigenvalue weighted by Crippen LogP contribution is -2.22. The Labute approximate surface area is 186 Å². The molecule has 8 heteroatoms. The summed E-state index contributed by atoms with van der Waals surface area (Å²) in [4.78, 5) is 13.0. The van der Waals surface area contributed by atoms with Crippen molar-refractivity contribution in [3.05, 3.63) is 95.7 Å². The highest BCUT2D eigenvalue weighted by Crippen LogP contribution is 2.26. The summed E-state index contributed by atoms with van der Waals surface area (Å²) in [7, 11) is -0.948. The van der Waals surface area contributed by atoms with Gasteiger partial charge in [0.1, 0.15) is 11.5 Å². The van der Waals surface area contributed by atoms with Gasteiger partial charge in [-0.15, -0.1) is 0 Å². The Morgan fingerprint density at radius 2 is 1.34 bits per heavy atom. The zero-order chi connectivity index (χ0) is 22.7. The Morgan fingerprint density at radius 3 is 1.94 bits per heavy atom. The van der Waals surface area contributed by atoms with Crippen LogP contribution in [0, 0.1) is 0 Å². The highest BCUT2D eigenvalue weighted by molar-refractivity contribution is 7.90. The number of benzene rings is 3. The first-order valence-corrected chi connectivity index (χ1v) is 11.1. The number of allylic oxidation sites excluding steroid dienone is 2. The van der Waals surface area contributed by atoms with E-state index >= 15 is 0 Å². The minimum absolute atomic E-state index is 0.0262. The quantitative estimate of drug-likeness (QED) is 0.611. The lowest BCUT2D eigenvalue weighted by Gasteiger charge is -2.19. The van der Waals surface area contributed by atoms with Gasteiger partial charge in [0.05, 0.1) is 30.5 Å². The van der Waals surface area contributed by atoms with E-state index < -0.39 is 10.0 Å². The number of fused-ring (bicyclic) bond motifs is 1. The molecule has 3 aromatic carbocycles. The van der Waals surface area contributed by atoms with Crippen molar-refractivity contribution < 1.29 is 22.7 Å². The molecule has 162 valence electrons. The molecule has 0 atom stereocenters. The second-order valence-corrected chi connectivity index (χ2v) is 8.52. The van der Waals surface area contributed by atoms with Gasteiger partial charge in [-0.2, -0.15) is 12.8 Å². The van der Waals surface area contributed by atoms with Crippen LogP contribution in [0.5, 0.6) is 11.5 Å². The largest absolute Gasteiger partial charge is 0.497 e. The lowest BCUT2D eigenvalue weighted by atomic mass is 9.92. The molecule has 0 heterocycles. The van der Waals surface area contributed by atoms with Crippen LogP contribution in [0.3, 0.4) is 0 Å². The van der Waals surface area contributed by atoms with Crippen molar-refractivity contribution in [1.82, 2.24) is 0 Å². The number of Topliss-reactive ketones (excluding diaryl/α,β-unsaturated/α-hetero) is 1. The number of hydrogen-bond donors (Lipinski definition) is 1. The van der Waals surface area contributed by atoms with Crippen LogP contribution in [-0.4, -0.2) is 34.1 Å². The van der Waals surface area contributed by atoms with Crippen molar-refractivity contribution in [2.45, 2.75) is 4.90 Å². The van der Waals surface area contributed by atoms with Gasteiger partial charge < -0.3 is 14.8 Å². The third-order valence-electron chi connectivity index (χ3n) is 4.92. The minimum Gasteiger partial charge on any atom is -0.497 e. The van der Waals surface area contributed by atoms with E-state index in [4.69, 9.17) is 9.47 Å². The molecule has 0 unspecified atom stereocenters. The van der Waals surface area contributed by atoms with Gasteiger partial charge in [-0.25, -0.2) is 0 Å². The molecule has 4 rings (SSSR count). The summed E-state index contributed by atoms with van der Waals surface area (Å²) in [5, 5.41) is 3.06. The number of nitrogens with one attached hydrogen (secondary N) is 1. The van der Waals surface area contributed by atoms with Gasteiger partial charge in [0.15, 0.2) is 0 Å². The zero-order valence-electron chi connectivity index (χ0n) is 17.4. The van der Waals surface area contributed by atoms with Gasteiger partial charge >= 0.3 is 0 Å². The molecule has 0 saturated carbocycles. The molecule has 1 aliphatic rings. The summed E-state index contributed by atoms with van der Waals surface area (Å²) < 4.78 is 40.2. The fourth-order valence-corrected chi connectivity index (χ4v) is 4.25. The number of methoxy groups -OCH3 is 2. The van der Waals surface area contributed by atoms with Crippen LogP contribution in [-0.2, 0) is 10.0 Å². The normalized spacial score (nSPS) is 14.5. The van der Waals surface area contributed by atoms with E-state index in [1.807, 2.05) is 0 Å². The molecule has 0 bridgehead atoms. The van der Waals surface area contributed by atoms with Crippen LogP contribution in [0.1, 0.15) is 15.9 Å². The first-order valence-electron chi connectivity index (χ1n) is 9.67. The third kappa shape index (κ3) is 4.26. The van der Waals surface area contributed by atoms with Crippen LogP contribution in [0.15, 0.2) is 93.9 Å². The number of sulfonamides is 1. The molecule has 3 aromatic rings. The minimum atomic E-state index is -4.02. The Balaban J connectivity index is 1.76. The predicted molar refractivity (Wildman–Crippen MR) is 122 cm³/mol. The van der Waals surface area contributed by atoms with E-state index in [1.165, 1.54) is 25.3 Å². The molecule has 1 N–H and O–H groups in total. The molecule has 0 amide bonds. The van der Waals surface area contributed by atoms with Crippen LogP contribution in [0.4, 0.5) is 5.69 Å². The Kier molecular flexibility index (Phi) is 5.79. The number of ether oxygens (including phenoxy) is 2. The van der Waals surface area contributed by atoms with Gasteiger partial charge in [0, 0.05) is 16.8 Å². The number of anilines is 1. The first-order chi connectivity index (χ1) is 15.4. The van der Waals surface area contributed by atoms with Gasteiger partial charge in [-0.05, 0) is 54.6 Å². The van der Waals surface area contributed by atoms with E-state index in [1.54, 1.807) is 67.8 Å². The Bertz CT molecular complexity index is 1330. The molecule has 0 aliphatic heterocycles. The average Bonchev–Trinajstić information content (AvgIpc) is 2.82. The van der Waals surface area contributed by atoms with E-state index in [9.17, 15) is 13.2 Å². The van der Waals surface area contributed by atoms with Crippen molar-refractivity contribution in [3.8, 4) is 11.5 Å². The van der Waals surface area contributed by atoms with Crippen molar-refractivity contribution in [2.24, 2.45) is 4.40 Å². The smallest absolute Gasteiger partial charge is 0.282 e. The molecule has 32 heavy (non-hydrogen) atoms. The SMILES string of the molecule is COc1ccc(NC2=CC(=NS(=O)(=O)c3ccc(OC)cc3)c3ccccc3C2=O)cc1. The highest BCUT2D eigenvalue weighted by Gasteiger charge is 2.26. The van der Waals surface area contributed by atoms with Gasteiger partial charge in [-0.3, -0.25) is 4.79 Å². The summed E-state index contributed by atoms with van der Waals surface area (Å²) in [6.45, 7) is 0. The van der Waals surface area contributed by atoms with Gasteiger partial charge in [0.25, 0.3) is 10.0 Å². The Hall–Kier alpha value is -3.91. The monoisotopic (exact) mass is 448 g/mol. The highest BCUT2D eigenvalue weighted by atomic mass is 32.2. The predicted octanol–water partition coefficient (Wildman–Crippen LogP) is 4.07. The Morgan fingerprint density at radius 1 is 0.781 bits per heavy atom. The van der Waals surface area contributed by atoms with E-state index in [2.05, 4.69) is 9.71 Å². The maximum Gasteiger partial charge on any atom is 0.282 e. The lowest BCUT2D eigenvalue weighted by molar-refractivity contribution is 0.103. The summed E-state index contributed by atoms with van der Waals surface area (Å²) in [6, 6.07) is 19.8. The maximum atomic E-state index is 13.0. The topological polar surface area (TPSA) is 94.1 Å². The number of ketones is 1. The number of rotatable bonds is 6. The van der Waals surface area contributed by atoms with Gasteiger partial charge in [0.2, 0.25) is 5.78 Å². The molecular weight excluding hydrogens is 428 g/mol. The molecule has 7 nitrogen and oxygen atoms in total. The molecular formula is C24H20N2O5S. The van der Waals surface area contributed by atoms with E-state index in [0.29, 0.717) is 28.3 Å². The van der Waals surface area contributed by atoms with E-state index in [-0.39, 0.29) is 22.1 Å². The number of carbonyl (C=O) groups is 1. The van der Waals surface area contributed by atoms with Crippen molar-refractivity contribution in [3.63, 3.8) is 0 Å². The summed E-state index contributed by atoms with van der Waals surface area (Å²) in [5.74, 6) is 0.964.